The van der Waals surface area contributed by atoms with Crippen LogP contribution in [0.4, 0.5) is 0 Å². The Morgan fingerprint density at radius 3 is 2.53 bits per heavy atom. The molecule has 1 amide bonds. The molecule has 17 heavy (non-hydrogen) atoms. The van der Waals surface area contributed by atoms with Crippen LogP contribution in [-0.2, 0) is 9.59 Å². The van der Waals surface area contributed by atoms with Gasteiger partial charge in [-0.2, -0.15) is 0 Å². The zero-order chi connectivity index (χ0) is 12.9. The van der Waals surface area contributed by atoms with Gasteiger partial charge in [0, 0.05) is 6.54 Å². The predicted molar refractivity (Wildman–Crippen MR) is 64.2 cm³/mol. The summed E-state index contributed by atoms with van der Waals surface area (Å²) in [6.45, 7) is 2.32. The lowest BCUT2D eigenvalue weighted by molar-refractivity contribution is -0.151. The summed E-state index contributed by atoms with van der Waals surface area (Å²) in [6.07, 6.45) is 8.08. The predicted octanol–water partition coefficient (Wildman–Crippen LogP) is 1.41. The van der Waals surface area contributed by atoms with Crippen molar-refractivity contribution >= 4 is 11.9 Å². The van der Waals surface area contributed by atoms with E-state index in [1.54, 1.807) is 0 Å². The minimum atomic E-state index is -0.814. The van der Waals surface area contributed by atoms with Gasteiger partial charge in [0.25, 0.3) is 0 Å². The van der Waals surface area contributed by atoms with Crippen LogP contribution in [0.3, 0.4) is 0 Å². The molecule has 1 rings (SSSR count). The van der Waals surface area contributed by atoms with Crippen LogP contribution in [-0.4, -0.2) is 23.5 Å². The summed E-state index contributed by atoms with van der Waals surface area (Å²) in [6, 6.07) is 0. The Hall–Kier alpha value is -1.50. The Morgan fingerprint density at radius 1 is 1.47 bits per heavy atom. The van der Waals surface area contributed by atoms with Crippen LogP contribution in [0.25, 0.3) is 0 Å². The molecule has 4 nitrogen and oxygen atoms in total. The third-order valence-corrected chi connectivity index (χ3v) is 3.57. The van der Waals surface area contributed by atoms with Crippen molar-refractivity contribution < 1.29 is 14.7 Å². The Balaban J connectivity index is 2.58. The topological polar surface area (TPSA) is 66.4 Å². The van der Waals surface area contributed by atoms with E-state index in [0.29, 0.717) is 18.8 Å². The highest BCUT2D eigenvalue weighted by atomic mass is 16.4. The minimum absolute atomic E-state index is 0.00605. The number of carboxylic acids is 1. The standard InChI is InChI=1S/C13H19NO3/c1-3-4-11(15)14-9-13(12(16)17)7-5-10(2)6-8-13/h1,10H,4-9H2,2H3,(H,14,15)(H,16,17). The summed E-state index contributed by atoms with van der Waals surface area (Å²) in [5, 5.41) is 12.0. The van der Waals surface area contributed by atoms with Crippen LogP contribution in [0, 0.1) is 23.7 Å². The fraction of sp³-hybridized carbons (Fsp3) is 0.692. The molecule has 4 heteroatoms. The monoisotopic (exact) mass is 237 g/mol. The van der Waals surface area contributed by atoms with E-state index in [1.807, 2.05) is 0 Å². The number of carbonyl (C=O) groups is 2. The molecule has 0 atom stereocenters. The van der Waals surface area contributed by atoms with Gasteiger partial charge in [0.05, 0.1) is 11.8 Å². The molecule has 0 aliphatic heterocycles. The maximum absolute atomic E-state index is 11.4. The van der Waals surface area contributed by atoms with Crippen molar-refractivity contribution in [2.45, 2.75) is 39.0 Å². The number of hydrogen-bond acceptors (Lipinski definition) is 2. The number of carbonyl (C=O) groups excluding carboxylic acids is 1. The average Bonchev–Trinajstić information content (AvgIpc) is 2.29. The van der Waals surface area contributed by atoms with Gasteiger partial charge in [-0.25, -0.2) is 0 Å². The number of nitrogens with one attached hydrogen (secondary N) is 1. The molecule has 0 spiro atoms. The molecule has 1 saturated carbocycles. The molecule has 1 aliphatic rings. The van der Waals surface area contributed by atoms with Crippen molar-refractivity contribution in [2.24, 2.45) is 11.3 Å². The molecule has 0 aromatic rings. The van der Waals surface area contributed by atoms with Gasteiger partial charge < -0.3 is 10.4 Å². The molecular weight excluding hydrogens is 218 g/mol. The maximum atomic E-state index is 11.4. The van der Waals surface area contributed by atoms with Gasteiger partial charge in [0.2, 0.25) is 5.91 Å². The van der Waals surface area contributed by atoms with E-state index in [4.69, 9.17) is 6.42 Å². The van der Waals surface area contributed by atoms with Crippen molar-refractivity contribution in [1.29, 1.82) is 0 Å². The molecular formula is C13H19NO3. The molecule has 0 bridgehead atoms. The Labute approximate surface area is 102 Å². The molecule has 0 unspecified atom stereocenters. The maximum Gasteiger partial charge on any atom is 0.311 e. The van der Waals surface area contributed by atoms with Crippen LogP contribution < -0.4 is 5.32 Å². The zero-order valence-corrected chi connectivity index (χ0v) is 10.2. The van der Waals surface area contributed by atoms with Crippen LogP contribution in [0.2, 0.25) is 0 Å². The fourth-order valence-corrected chi connectivity index (χ4v) is 2.20. The van der Waals surface area contributed by atoms with E-state index >= 15 is 0 Å². The highest BCUT2D eigenvalue weighted by molar-refractivity contribution is 5.80. The lowest BCUT2D eigenvalue weighted by Crippen LogP contribution is -2.45. The second-order valence-electron chi connectivity index (χ2n) is 4.93. The van der Waals surface area contributed by atoms with Gasteiger partial charge in [-0.3, -0.25) is 9.59 Å². The molecule has 0 heterocycles. The number of hydrogen-bond donors (Lipinski definition) is 2. The van der Waals surface area contributed by atoms with Crippen LogP contribution >= 0.6 is 0 Å². The van der Waals surface area contributed by atoms with Gasteiger partial charge in [0.1, 0.15) is 0 Å². The lowest BCUT2D eigenvalue weighted by Gasteiger charge is -2.35. The van der Waals surface area contributed by atoms with Gasteiger partial charge in [-0.15, -0.1) is 6.42 Å². The van der Waals surface area contributed by atoms with Crippen molar-refractivity contribution in [2.75, 3.05) is 6.54 Å². The molecule has 1 fully saturated rings. The van der Waals surface area contributed by atoms with Crippen molar-refractivity contribution in [3.8, 4) is 12.3 Å². The average molecular weight is 237 g/mol. The number of terminal acetylenes is 1. The zero-order valence-electron chi connectivity index (χ0n) is 10.2. The summed E-state index contributed by atoms with van der Waals surface area (Å²) in [5.74, 6) is 1.73. The van der Waals surface area contributed by atoms with E-state index in [1.165, 1.54) is 0 Å². The van der Waals surface area contributed by atoms with Crippen LogP contribution in [0.15, 0.2) is 0 Å². The quantitative estimate of drug-likeness (QED) is 0.726. The minimum Gasteiger partial charge on any atom is -0.481 e. The number of aliphatic carboxylic acids is 1. The summed E-state index contributed by atoms with van der Waals surface area (Å²) in [5.41, 5.74) is -0.795. The lowest BCUT2D eigenvalue weighted by atomic mass is 9.71. The third kappa shape index (κ3) is 3.48. The number of carboxylic acid groups (broad SMARTS) is 1. The summed E-state index contributed by atoms with van der Waals surface area (Å²) >= 11 is 0. The van der Waals surface area contributed by atoms with E-state index < -0.39 is 11.4 Å². The van der Waals surface area contributed by atoms with Crippen LogP contribution in [0.5, 0.6) is 0 Å². The highest BCUT2D eigenvalue weighted by Gasteiger charge is 2.41. The van der Waals surface area contributed by atoms with E-state index in [2.05, 4.69) is 18.2 Å². The third-order valence-electron chi connectivity index (χ3n) is 3.57. The Morgan fingerprint density at radius 2 is 2.06 bits per heavy atom. The van der Waals surface area contributed by atoms with Crippen LogP contribution in [0.1, 0.15) is 39.0 Å². The first-order valence-electron chi connectivity index (χ1n) is 5.94. The SMILES string of the molecule is C#CCC(=O)NCC1(C(=O)O)CCC(C)CC1. The fourth-order valence-electron chi connectivity index (χ4n) is 2.20. The Kier molecular flexibility index (Phi) is 4.56. The molecule has 1 aliphatic carbocycles. The largest absolute Gasteiger partial charge is 0.481 e. The molecule has 0 aromatic heterocycles. The smallest absolute Gasteiger partial charge is 0.311 e. The molecule has 0 radical (unpaired) electrons. The first-order valence-corrected chi connectivity index (χ1v) is 5.94. The van der Waals surface area contributed by atoms with Gasteiger partial charge in [-0.1, -0.05) is 12.8 Å². The summed E-state index contributed by atoms with van der Waals surface area (Å²) in [4.78, 5) is 22.6. The van der Waals surface area contributed by atoms with E-state index in [9.17, 15) is 14.7 Å². The van der Waals surface area contributed by atoms with Crippen molar-refractivity contribution in [3.63, 3.8) is 0 Å². The first-order chi connectivity index (χ1) is 8.00. The normalized spacial score (nSPS) is 28.1. The molecule has 2 N–H and O–H groups in total. The Bertz CT molecular complexity index is 335. The highest BCUT2D eigenvalue weighted by Crippen LogP contribution is 2.38. The van der Waals surface area contributed by atoms with Gasteiger partial charge in [-0.05, 0) is 31.6 Å². The van der Waals surface area contributed by atoms with E-state index in [0.717, 1.165) is 12.8 Å². The number of amides is 1. The molecule has 94 valence electrons. The first kappa shape index (κ1) is 13.6. The summed E-state index contributed by atoms with van der Waals surface area (Å²) in [7, 11) is 0. The van der Waals surface area contributed by atoms with Gasteiger partial charge in [0.15, 0.2) is 0 Å². The molecule has 0 saturated heterocycles. The van der Waals surface area contributed by atoms with Crippen molar-refractivity contribution in [1.82, 2.24) is 5.32 Å². The van der Waals surface area contributed by atoms with E-state index in [-0.39, 0.29) is 18.9 Å². The second kappa shape index (κ2) is 5.72. The van der Waals surface area contributed by atoms with Crippen molar-refractivity contribution in [3.05, 3.63) is 0 Å². The number of rotatable bonds is 4. The molecule has 0 aromatic carbocycles. The second-order valence-corrected chi connectivity index (χ2v) is 4.93. The van der Waals surface area contributed by atoms with Gasteiger partial charge >= 0.3 is 5.97 Å². The summed E-state index contributed by atoms with van der Waals surface area (Å²) < 4.78 is 0.